The quantitative estimate of drug-likeness (QED) is 0.288. The highest BCUT2D eigenvalue weighted by Crippen LogP contribution is 2.37. The number of hydrogen-bond donors (Lipinski definition) is 1. The number of benzene rings is 1. The zero-order valence-corrected chi connectivity index (χ0v) is 25.3. The topological polar surface area (TPSA) is 115 Å². The lowest BCUT2D eigenvalue weighted by Gasteiger charge is -2.35. The molecule has 11 nitrogen and oxygen atoms in total. The summed E-state index contributed by atoms with van der Waals surface area (Å²) in [6, 6.07) is 6.67. The number of aromatic nitrogens is 2. The molecule has 2 aliphatic rings. The fourth-order valence-electron chi connectivity index (χ4n) is 5.32. The third kappa shape index (κ3) is 7.54. The van der Waals surface area contributed by atoms with Crippen molar-refractivity contribution in [2.75, 3.05) is 46.7 Å². The summed E-state index contributed by atoms with van der Waals surface area (Å²) in [6.07, 6.45) is 8.74. The minimum absolute atomic E-state index is 0.0278. The van der Waals surface area contributed by atoms with Crippen LogP contribution in [0.25, 0.3) is 16.9 Å². The Balaban J connectivity index is 1.22. The molecule has 1 amide bonds. The molecule has 3 aromatic rings. The molecule has 2 aromatic heterocycles. The molecule has 14 heteroatoms. The molecule has 1 aliphatic carbocycles. The minimum atomic E-state index is -3.18. The molecule has 5 rings (SSSR count). The first-order valence-electron chi connectivity index (χ1n) is 14.3. The van der Waals surface area contributed by atoms with Crippen LogP contribution in [0.3, 0.4) is 0 Å². The summed E-state index contributed by atoms with van der Waals surface area (Å²) in [5.41, 5.74) is 1.60. The Bertz CT molecular complexity index is 1550. The van der Waals surface area contributed by atoms with Crippen LogP contribution in [0.15, 0.2) is 36.7 Å². The predicted molar refractivity (Wildman–Crippen MR) is 156 cm³/mol. The van der Waals surface area contributed by atoms with Crippen molar-refractivity contribution >= 4 is 21.6 Å². The number of piperidine rings is 1. The van der Waals surface area contributed by atoms with Gasteiger partial charge in [-0.15, -0.1) is 0 Å². The number of sulfonamides is 1. The van der Waals surface area contributed by atoms with Gasteiger partial charge in [0.1, 0.15) is 28.5 Å². The number of nitrogens with zero attached hydrogens (tertiary/aromatic N) is 4. The van der Waals surface area contributed by atoms with E-state index in [1.807, 2.05) is 0 Å². The molecule has 1 N–H and O–H groups in total. The van der Waals surface area contributed by atoms with Gasteiger partial charge >= 0.3 is 6.61 Å². The second-order valence-electron chi connectivity index (χ2n) is 11.0. The van der Waals surface area contributed by atoms with E-state index in [9.17, 15) is 22.0 Å². The second kappa shape index (κ2) is 13.0. The molecule has 1 aromatic carbocycles. The van der Waals surface area contributed by atoms with Crippen LogP contribution in [0.1, 0.15) is 42.5 Å². The van der Waals surface area contributed by atoms with Gasteiger partial charge in [-0.25, -0.2) is 17.7 Å². The second-order valence-corrected chi connectivity index (χ2v) is 13.0. The Hall–Kier alpha value is -3.49. The van der Waals surface area contributed by atoms with Crippen LogP contribution in [0.4, 0.5) is 8.78 Å². The Morgan fingerprint density at radius 3 is 2.53 bits per heavy atom. The maximum Gasteiger partial charge on any atom is 0.387 e. The monoisotopic (exact) mass is 621 g/mol. The number of likely N-dealkylation sites (tertiary alicyclic amines) is 1. The number of ether oxygens (including phenoxy) is 3. The molecule has 43 heavy (non-hydrogen) atoms. The summed E-state index contributed by atoms with van der Waals surface area (Å²) in [5.74, 6) is -0.0352. The van der Waals surface area contributed by atoms with Crippen LogP contribution in [-0.4, -0.2) is 98.3 Å². The van der Waals surface area contributed by atoms with E-state index < -0.39 is 22.5 Å². The van der Waals surface area contributed by atoms with Gasteiger partial charge in [-0.3, -0.25) is 9.20 Å². The van der Waals surface area contributed by atoms with Crippen molar-refractivity contribution in [3.8, 4) is 28.5 Å². The zero-order chi connectivity index (χ0) is 30.7. The van der Waals surface area contributed by atoms with Crippen LogP contribution in [0.5, 0.6) is 17.2 Å². The van der Waals surface area contributed by atoms with E-state index in [0.717, 1.165) is 51.7 Å². The van der Waals surface area contributed by atoms with Crippen molar-refractivity contribution in [2.45, 2.75) is 50.8 Å². The average molecular weight is 622 g/mol. The Kier molecular flexibility index (Phi) is 9.37. The molecule has 1 saturated carbocycles. The number of carbonyl (C=O) groups is 1. The molecular formula is C29H37F2N5O6S. The number of pyridine rings is 1. The van der Waals surface area contributed by atoms with Gasteiger partial charge < -0.3 is 24.4 Å². The SMILES string of the molecule is COc1cc(-c2cnc3cc(OCCCN4CCC(N(C)S(C)(=O)=O)CC4)ccn23)cc(OC(F)F)c1C(=O)NC1CC1. The molecule has 0 unspecified atom stereocenters. The van der Waals surface area contributed by atoms with Gasteiger partial charge in [0.15, 0.2) is 0 Å². The number of amides is 1. The fourth-order valence-corrected chi connectivity index (χ4v) is 6.07. The molecule has 1 aliphatic heterocycles. The highest BCUT2D eigenvalue weighted by Gasteiger charge is 2.29. The van der Waals surface area contributed by atoms with Crippen molar-refractivity contribution in [1.82, 2.24) is 23.9 Å². The van der Waals surface area contributed by atoms with Crippen LogP contribution >= 0.6 is 0 Å². The van der Waals surface area contributed by atoms with Crippen LogP contribution in [-0.2, 0) is 10.0 Å². The van der Waals surface area contributed by atoms with Crippen LogP contribution < -0.4 is 19.5 Å². The van der Waals surface area contributed by atoms with E-state index in [-0.39, 0.29) is 29.1 Å². The molecule has 0 bridgehead atoms. The van der Waals surface area contributed by atoms with E-state index in [4.69, 9.17) is 14.2 Å². The Morgan fingerprint density at radius 2 is 1.88 bits per heavy atom. The molecule has 1 saturated heterocycles. The third-order valence-electron chi connectivity index (χ3n) is 7.90. The largest absolute Gasteiger partial charge is 0.496 e. The number of hydrogen-bond acceptors (Lipinski definition) is 8. The van der Waals surface area contributed by atoms with Crippen molar-refractivity contribution in [2.24, 2.45) is 0 Å². The Morgan fingerprint density at radius 1 is 1.16 bits per heavy atom. The molecule has 0 spiro atoms. The van der Waals surface area contributed by atoms with Crippen molar-refractivity contribution in [3.05, 3.63) is 42.2 Å². The minimum Gasteiger partial charge on any atom is -0.496 e. The number of fused-ring (bicyclic) bond motifs is 1. The molecule has 2 fully saturated rings. The van der Waals surface area contributed by atoms with E-state index in [2.05, 4.69) is 15.2 Å². The lowest BCUT2D eigenvalue weighted by atomic mass is 10.1. The number of rotatable bonds is 13. The summed E-state index contributed by atoms with van der Waals surface area (Å²) in [6.45, 7) is -0.0846. The number of carbonyl (C=O) groups excluding carboxylic acids is 1. The number of nitrogens with one attached hydrogen (secondary N) is 1. The number of halogens is 2. The molecular weight excluding hydrogens is 584 g/mol. The van der Waals surface area contributed by atoms with Gasteiger partial charge in [0, 0.05) is 43.5 Å². The standard InChI is InChI=1S/C29H37F2N5O6S/c1-34(43(3,38)39)21-7-11-35(12-8-21)10-4-14-41-22-9-13-36-23(18-32-26(36)17-22)19-15-24(40-2)27(25(16-19)42-29(30)31)28(37)33-20-5-6-20/h9,13,15-18,20-21,29H,4-8,10-12,14H2,1-3H3,(H,33,37). The normalized spacial score (nSPS) is 16.6. The van der Waals surface area contributed by atoms with Gasteiger partial charge in [-0.2, -0.15) is 8.78 Å². The lowest BCUT2D eigenvalue weighted by Crippen LogP contribution is -2.45. The van der Waals surface area contributed by atoms with E-state index in [1.165, 1.54) is 23.7 Å². The van der Waals surface area contributed by atoms with Crippen LogP contribution in [0, 0.1) is 0 Å². The zero-order valence-electron chi connectivity index (χ0n) is 24.5. The van der Waals surface area contributed by atoms with Gasteiger partial charge in [0.25, 0.3) is 5.91 Å². The van der Waals surface area contributed by atoms with Crippen molar-refractivity contribution < 1.29 is 36.2 Å². The molecule has 0 atom stereocenters. The maximum atomic E-state index is 13.3. The third-order valence-corrected chi connectivity index (χ3v) is 9.25. The van der Waals surface area contributed by atoms with E-state index >= 15 is 0 Å². The average Bonchev–Trinajstić information content (AvgIpc) is 3.68. The summed E-state index contributed by atoms with van der Waals surface area (Å²) in [7, 11) is -0.167. The first-order valence-corrected chi connectivity index (χ1v) is 16.1. The molecule has 234 valence electrons. The van der Waals surface area contributed by atoms with Gasteiger partial charge in [-0.1, -0.05) is 0 Å². The predicted octanol–water partition coefficient (Wildman–Crippen LogP) is 3.63. The highest BCUT2D eigenvalue weighted by atomic mass is 32.2. The molecule has 0 radical (unpaired) electrons. The van der Waals surface area contributed by atoms with Crippen molar-refractivity contribution in [3.63, 3.8) is 0 Å². The van der Waals surface area contributed by atoms with Gasteiger partial charge in [-0.05, 0) is 63.4 Å². The summed E-state index contributed by atoms with van der Waals surface area (Å²) in [4.78, 5) is 19.6. The Labute approximate surface area is 249 Å². The fraction of sp³-hybridized carbons (Fsp3) is 0.517. The first-order chi connectivity index (χ1) is 20.5. The molecule has 3 heterocycles. The van der Waals surface area contributed by atoms with Gasteiger partial charge in [0.2, 0.25) is 10.0 Å². The number of methoxy groups -OCH3 is 1. The first kappa shape index (κ1) is 31.0. The summed E-state index contributed by atoms with van der Waals surface area (Å²) < 4.78 is 69.6. The number of alkyl halides is 2. The van der Waals surface area contributed by atoms with Gasteiger partial charge in [0.05, 0.1) is 31.9 Å². The van der Waals surface area contributed by atoms with E-state index in [0.29, 0.717) is 29.3 Å². The summed E-state index contributed by atoms with van der Waals surface area (Å²) in [5, 5.41) is 2.80. The lowest BCUT2D eigenvalue weighted by molar-refractivity contribution is -0.0502. The maximum absolute atomic E-state index is 13.3. The smallest absolute Gasteiger partial charge is 0.387 e. The van der Waals surface area contributed by atoms with Crippen LogP contribution in [0.2, 0.25) is 0 Å². The van der Waals surface area contributed by atoms with Crippen molar-refractivity contribution in [1.29, 1.82) is 0 Å². The number of imidazole rings is 1. The van der Waals surface area contributed by atoms with E-state index in [1.54, 1.807) is 42.0 Å². The highest BCUT2D eigenvalue weighted by molar-refractivity contribution is 7.88. The summed E-state index contributed by atoms with van der Waals surface area (Å²) >= 11 is 0.